The van der Waals surface area contributed by atoms with Crippen molar-refractivity contribution < 1.29 is 13.8 Å². The minimum absolute atomic E-state index is 0.00900. The van der Waals surface area contributed by atoms with E-state index in [1.165, 1.54) is 12.1 Å². The Bertz CT molecular complexity index is 632. The first kappa shape index (κ1) is 14.4. The van der Waals surface area contributed by atoms with Crippen molar-refractivity contribution in [3.8, 4) is 11.5 Å². The molecule has 0 saturated carbocycles. The third-order valence-corrected chi connectivity index (χ3v) is 3.07. The van der Waals surface area contributed by atoms with Gasteiger partial charge in [0.25, 0.3) is 11.6 Å². The molecule has 1 atom stereocenters. The molecule has 0 N–H and O–H groups in total. The fraction of sp³-hybridized carbons (Fsp3) is 0.333. The van der Waals surface area contributed by atoms with Crippen LogP contribution < -0.4 is 0 Å². The maximum absolute atomic E-state index is 13.8. The first-order valence-electron chi connectivity index (χ1n) is 5.95. The van der Waals surface area contributed by atoms with E-state index in [1.54, 1.807) is 0 Å². The largest absolute Gasteiger partial charge is 0.334 e. The molecule has 2 rings (SSSR count). The molecule has 0 aliphatic heterocycles. The van der Waals surface area contributed by atoms with E-state index in [4.69, 9.17) is 16.1 Å². The number of halogens is 2. The number of alkyl halides is 1. The fourth-order valence-electron chi connectivity index (χ4n) is 1.65. The highest BCUT2D eigenvalue weighted by atomic mass is 35.5. The Morgan fingerprint density at radius 2 is 2.30 bits per heavy atom. The van der Waals surface area contributed by atoms with Gasteiger partial charge < -0.3 is 4.52 Å². The molecule has 6 nitrogen and oxygen atoms in total. The molecule has 20 heavy (non-hydrogen) atoms. The molecule has 0 spiro atoms. The summed E-state index contributed by atoms with van der Waals surface area (Å²) in [7, 11) is 0. The average Bonchev–Trinajstić information content (AvgIpc) is 2.88. The maximum Gasteiger partial charge on any atom is 0.272 e. The van der Waals surface area contributed by atoms with Gasteiger partial charge in [0.2, 0.25) is 0 Å². The highest BCUT2D eigenvalue weighted by Crippen LogP contribution is 2.28. The minimum Gasteiger partial charge on any atom is -0.334 e. The van der Waals surface area contributed by atoms with E-state index < -0.39 is 16.1 Å². The third kappa shape index (κ3) is 2.93. The van der Waals surface area contributed by atoms with Crippen LogP contribution in [0.2, 0.25) is 0 Å². The number of rotatable bonds is 5. The first-order chi connectivity index (χ1) is 9.52. The maximum atomic E-state index is 13.8. The zero-order valence-electron chi connectivity index (χ0n) is 10.5. The average molecular weight is 300 g/mol. The van der Waals surface area contributed by atoms with Crippen molar-refractivity contribution in [1.29, 1.82) is 0 Å². The second kappa shape index (κ2) is 5.96. The Hall–Kier alpha value is -2.02. The highest BCUT2D eigenvalue weighted by molar-refractivity contribution is 6.20. The van der Waals surface area contributed by atoms with Crippen LogP contribution >= 0.6 is 11.6 Å². The Morgan fingerprint density at radius 3 is 2.90 bits per heavy atom. The van der Waals surface area contributed by atoms with Gasteiger partial charge in [0, 0.05) is 6.07 Å². The van der Waals surface area contributed by atoms with Gasteiger partial charge in [-0.2, -0.15) is 4.98 Å². The summed E-state index contributed by atoms with van der Waals surface area (Å²) in [5.41, 5.74) is -0.332. The number of nitro groups is 1. The quantitative estimate of drug-likeness (QED) is 0.475. The van der Waals surface area contributed by atoms with Crippen molar-refractivity contribution in [3.05, 3.63) is 40.0 Å². The Kier molecular flexibility index (Phi) is 4.29. The first-order valence-corrected chi connectivity index (χ1v) is 6.38. The zero-order chi connectivity index (χ0) is 14.7. The molecule has 1 heterocycles. The lowest BCUT2D eigenvalue weighted by Crippen LogP contribution is -1.93. The number of nitro benzene ring substituents is 1. The van der Waals surface area contributed by atoms with E-state index in [0.717, 1.165) is 12.5 Å². The van der Waals surface area contributed by atoms with Gasteiger partial charge in [-0.05, 0) is 12.5 Å². The van der Waals surface area contributed by atoms with E-state index in [-0.39, 0.29) is 23.0 Å². The molecule has 0 fully saturated rings. The zero-order valence-corrected chi connectivity index (χ0v) is 11.3. The molecule has 1 aromatic carbocycles. The van der Waals surface area contributed by atoms with E-state index >= 15 is 0 Å². The molecule has 0 bridgehead atoms. The van der Waals surface area contributed by atoms with Crippen molar-refractivity contribution in [2.24, 2.45) is 0 Å². The lowest BCUT2D eigenvalue weighted by Gasteiger charge is -2.00. The summed E-state index contributed by atoms with van der Waals surface area (Å²) < 4.78 is 18.7. The molecule has 2 aromatic rings. The van der Waals surface area contributed by atoms with Gasteiger partial charge in [0.05, 0.1) is 21.9 Å². The molecule has 1 aromatic heterocycles. The highest BCUT2D eigenvalue weighted by Gasteiger charge is 2.19. The lowest BCUT2D eigenvalue weighted by atomic mass is 10.2. The monoisotopic (exact) mass is 299 g/mol. The molecule has 0 radical (unpaired) electrons. The lowest BCUT2D eigenvalue weighted by molar-refractivity contribution is -0.385. The van der Waals surface area contributed by atoms with E-state index in [1.807, 2.05) is 6.92 Å². The Labute approximate surface area is 118 Å². The predicted molar refractivity (Wildman–Crippen MR) is 69.8 cm³/mol. The second-order valence-electron chi connectivity index (χ2n) is 4.14. The van der Waals surface area contributed by atoms with Gasteiger partial charge in [-0.1, -0.05) is 18.5 Å². The van der Waals surface area contributed by atoms with Gasteiger partial charge in [-0.25, -0.2) is 4.39 Å². The van der Waals surface area contributed by atoms with Crippen LogP contribution in [0.5, 0.6) is 0 Å². The van der Waals surface area contributed by atoms with Crippen LogP contribution in [0, 0.1) is 15.9 Å². The SMILES string of the molecule is CCCC(Cl)c1noc(-c2ccc([N+](=O)[O-])cc2F)n1. The third-order valence-electron chi connectivity index (χ3n) is 2.66. The van der Waals surface area contributed by atoms with Crippen LogP contribution in [0.15, 0.2) is 22.7 Å². The number of nitrogens with zero attached hydrogens (tertiary/aromatic N) is 3. The van der Waals surface area contributed by atoms with Crippen LogP contribution in [-0.4, -0.2) is 15.1 Å². The molecule has 8 heteroatoms. The van der Waals surface area contributed by atoms with Crippen molar-refractivity contribution in [3.63, 3.8) is 0 Å². The Balaban J connectivity index is 2.30. The predicted octanol–water partition coefficient (Wildman–Crippen LogP) is 3.86. The summed E-state index contributed by atoms with van der Waals surface area (Å²) in [6, 6.07) is 3.21. The molecule has 0 aliphatic rings. The number of aromatic nitrogens is 2. The Morgan fingerprint density at radius 1 is 1.55 bits per heavy atom. The molecule has 106 valence electrons. The van der Waals surface area contributed by atoms with Crippen molar-refractivity contribution in [2.45, 2.75) is 25.1 Å². The molecule has 0 saturated heterocycles. The van der Waals surface area contributed by atoms with Gasteiger partial charge in [0.1, 0.15) is 5.82 Å². The van der Waals surface area contributed by atoms with Crippen LogP contribution in [0.4, 0.5) is 10.1 Å². The van der Waals surface area contributed by atoms with Gasteiger partial charge in [-0.3, -0.25) is 10.1 Å². The molecule has 0 aliphatic carbocycles. The summed E-state index contributed by atoms with van der Waals surface area (Å²) in [5.74, 6) is -0.563. The fourth-order valence-corrected chi connectivity index (χ4v) is 1.95. The van der Waals surface area contributed by atoms with Crippen LogP contribution in [0.1, 0.15) is 31.0 Å². The number of benzene rings is 1. The van der Waals surface area contributed by atoms with Crippen molar-refractivity contribution in [2.75, 3.05) is 0 Å². The molecule has 0 amide bonds. The smallest absolute Gasteiger partial charge is 0.272 e. The summed E-state index contributed by atoms with van der Waals surface area (Å²) in [4.78, 5) is 13.9. The van der Waals surface area contributed by atoms with Crippen molar-refractivity contribution >= 4 is 17.3 Å². The van der Waals surface area contributed by atoms with Gasteiger partial charge >= 0.3 is 0 Å². The van der Waals surface area contributed by atoms with E-state index in [0.29, 0.717) is 6.42 Å². The molecule has 1 unspecified atom stereocenters. The van der Waals surface area contributed by atoms with Crippen molar-refractivity contribution in [1.82, 2.24) is 10.1 Å². The van der Waals surface area contributed by atoms with Crippen LogP contribution in [-0.2, 0) is 0 Å². The van der Waals surface area contributed by atoms with E-state index in [9.17, 15) is 14.5 Å². The second-order valence-corrected chi connectivity index (χ2v) is 4.66. The number of non-ortho nitro benzene ring substituents is 1. The summed E-state index contributed by atoms with van der Waals surface area (Å²) in [6.45, 7) is 1.96. The van der Waals surface area contributed by atoms with Crippen LogP contribution in [0.3, 0.4) is 0 Å². The number of hydrogen-bond acceptors (Lipinski definition) is 5. The summed E-state index contributed by atoms with van der Waals surface area (Å²) >= 11 is 6.05. The molecular formula is C12H11ClFN3O3. The minimum atomic E-state index is -0.795. The topological polar surface area (TPSA) is 82.1 Å². The van der Waals surface area contributed by atoms with Crippen LogP contribution in [0.25, 0.3) is 11.5 Å². The van der Waals surface area contributed by atoms with Gasteiger partial charge in [0.15, 0.2) is 5.82 Å². The van der Waals surface area contributed by atoms with E-state index in [2.05, 4.69) is 10.1 Å². The standard InChI is InChI=1S/C12H11ClFN3O3/c1-2-3-9(13)11-15-12(20-16-11)8-5-4-7(17(18)19)6-10(8)14/h4-6,9H,2-3H2,1H3. The number of hydrogen-bond donors (Lipinski definition) is 0. The normalized spacial score (nSPS) is 12.3. The summed E-state index contributed by atoms with van der Waals surface area (Å²) in [5, 5.41) is 13.8. The summed E-state index contributed by atoms with van der Waals surface area (Å²) in [6.07, 6.45) is 1.52. The molecular weight excluding hydrogens is 289 g/mol. The van der Waals surface area contributed by atoms with Gasteiger partial charge in [-0.15, -0.1) is 11.6 Å².